The third-order valence-corrected chi connectivity index (χ3v) is 6.57. The lowest BCUT2D eigenvalue weighted by molar-refractivity contribution is -0.136. The highest BCUT2D eigenvalue weighted by molar-refractivity contribution is 5.99. The van der Waals surface area contributed by atoms with E-state index in [9.17, 15) is 9.59 Å². The van der Waals surface area contributed by atoms with Crippen LogP contribution in [0.3, 0.4) is 0 Å². The lowest BCUT2D eigenvalue weighted by Gasteiger charge is -2.29. The summed E-state index contributed by atoms with van der Waals surface area (Å²) in [5, 5.41) is 9.17. The number of aromatic nitrogens is 1. The fourth-order valence-corrected chi connectivity index (χ4v) is 4.72. The van der Waals surface area contributed by atoms with Crippen LogP contribution in [-0.4, -0.2) is 35.1 Å². The summed E-state index contributed by atoms with van der Waals surface area (Å²) in [7, 11) is 0. The zero-order valence-electron chi connectivity index (χ0n) is 21.6. The van der Waals surface area contributed by atoms with Gasteiger partial charge in [0.2, 0.25) is 0 Å². The largest absolute Gasteiger partial charge is 0.482 e. The molecule has 1 aliphatic rings. The molecule has 0 saturated heterocycles. The van der Waals surface area contributed by atoms with Gasteiger partial charge >= 0.3 is 5.97 Å². The molecule has 1 aromatic heterocycles. The Morgan fingerprint density at radius 2 is 1.58 bits per heavy atom. The molecule has 38 heavy (non-hydrogen) atoms. The molecule has 1 amide bonds. The highest BCUT2D eigenvalue weighted by Crippen LogP contribution is 2.37. The summed E-state index contributed by atoms with van der Waals surface area (Å²) in [6.07, 6.45) is 0.880. The van der Waals surface area contributed by atoms with Crippen molar-refractivity contribution in [1.29, 1.82) is 0 Å². The van der Waals surface area contributed by atoms with E-state index < -0.39 is 5.97 Å². The van der Waals surface area contributed by atoms with E-state index in [0.717, 1.165) is 40.1 Å². The quantitative estimate of drug-likeness (QED) is 0.296. The Balaban J connectivity index is 1.59. The zero-order chi connectivity index (χ0) is 26.6. The van der Waals surface area contributed by atoms with E-state index in [-0.39, 0.29) is 25.5 Å². The number of rotatable bonds is 8. The topological polar surface area (TPSA) is 79.7 Å². The molecule has 3 aromatic carbocycles. The van der Waals surface area contributed by atoms with Crippen LogP contribution in [0.15, 0.2) is 84.9 Å². The summed E-state index contributed by atoms with van der Waals surface area (Å²) in [4.78, 5) is 30.3. The van der Waals surface area contributed by atoms with Crippen molar-refractivity contribution < 1.29 is 19.4 Å². The molecule has 5 rings (SSSR count). The molecule has 0 saturated carbocycles. The standard InChI is InChI=1S/C32H30N2O4/c1-21(2)16-22-8-10-24(11-9-22)27-17-26(23-6-4-3-5-7-23)18-28(33-27)25-12-13-30-29(19-25)34(15-14-32(36)37)31(35)20-38-30/h3-13,17-19,21H,14-16,20H2,1-2H3,(H,36,37). The molecule has 0 bridgehead atoms. The molecule has 1 N–H and O–H groups in total. The molecular formula is C32H30N2O4. The predicted octanol–water partition coefficient (Wildman–Crippen LogP) is 6.48. The average molecular weight is 507 g/mol. The van der Waals surface area contributed by atoms with E-state index in [2.05, 4.69) is 56.3 Å². The van der Waals surface area contributed by atoms with Gasteiger partial charge in [0.05, 0.1) is 23.5 Å². The van der Waals surface area contributed by atoms with Gasteiger partial charge in [0.15, 0.2) is 6.61 Å². The first-order valence-electron chi connectivity index (χ1n) is 12.8. The number of benzene rings is 3. The first kappa shape index (κ1) is 25.2. The summed E-state index contributed by atoms with van der Waals surface area (Å²) in [5.74, 6) is -0.0758. The van der Waals surface area contributed by atoms with Crippen molar-refractivity contribution in [1.82, 2.24) is 4.98 Å². The van der Waals surface area contributed by atoms with Crippen LogP contribution in [0.1, 0.15) is 25.8 Å². The molecule has 0 unspecified atom stereocenters. The molecule has 2 heterocycles. The zero-order valence-corrected chi connectivity index (χ0v) is 21.6. The van der Waals surface area contributed by atoms with Crippen molar-refractivity contribution >= 4 is 17.6 Å². The van der Waals surface area contributed by atoms with Gasteiger partial charge in [-0.2, -0.15) is 0 Å². The molecule has 4 aromatic rings. The summed E-state index contributed by atoms with van der Waals surface area (Å²) in [6, 6.07) is 28.5. The van der Waals surface area contributed by atoms with Gasteiger partial charge in [0.1, 0.15) is 5.75 Å². The summed E-state index contributed by atoms with van der Waals surface area (Å²) >= 11 is 0. The van der Waals surface area contributed by atoms with Crippen LogP contribution in [0.2, 0.25) is 0 Å². The van der Waals surface area contributed by atoms with E-state index in [4.69, 9.17) is 14.8 Å². The van der Waals surface area contributed by atoms with Gasteiger partial charge in [0.25, 0.3) is 5.91 Å². The molecule has 0 radical (unpaired) electrons. The maximum atomic E-state index is 12.6. The van der Waals surface area contributed by atoms with Gasteiger partial charge in [-0.1, -0.05) is 68.4 Å². The van der Waals surface area contributed by atoms with Crippen molar-refractivity contribution in [2.24, 2.45) is 5.92 Å². The monoisotopic (exact) mass is 506 g/mol. The van der Waals surface area contributed by atoms with Gasteiger partial charge in [-0.05, 0) is 59.4 Å². The second-order valence-corrected chi connectivity index (χ2v) is 9.95. The van der Waals surface area contributed by atoms with Gasteiger partial charge in [-0.3, -0.25) is 9.59 Å². The second-order valence-electron chi connectivity index (χ2n) is 9.95. The lowest BCUT2D eigenvalue weighted by Crippen LogP contribution is -2.40. The second kappa shape index (κ2) is 10.9. The summed E-state index contributed by atoms with van der Waals surface area (Å²) in [6.45, 7) is 4.40. The number of anilines is 1. The highest BCUT2D eigenvalue weighted by Gasteiger charge is 2.26. The Kier molecular flexibility index (Phi) is 7.22. The van der Waals surface area contributed by atoms with Crippen molar-refractivity contribution in [3.8, 4) is 39.4 Å². The number of carbonyl (C=O) groups excluding carboxylic acids is 1. The van der Waals surface area contributed by atoms with E-state index in [0.29, 0.717) is 17.4 Å². The van der Waals surface area contributed by atoms with Crippen molar-refractivity contribution in [2.45, 2.75) is 26.7 Å². The van der Waals surface area contributed by atoms with E-state index in [1.54, 1.807) is 0 Å². The Morgan fingerprint density at radius 3 is 2.26 bits per heavy atom. The van der Waals surface area contributed by atoms with Crippen LogP contribution in [0.4, 0.5) is 5.69 Å². The van der Waals surface area contributed by atoms with Gasteiger partial charge in [0, 0.05) is 17.7 Å². The summed E-state index contributed by atoms with van der Waals surface area (Å²) in [5.41, 5.74) is 7.42. The molecule has 0 fully saturated rings. The van der Waals surface area contributed by atoms with Gasteiger partial charge in [-0.15, -0.1) is 0 Å². The van der Waals surface area contributed by atoms with Crippen LogP contribution < -0.4 is 9.64 Å². The lowest BCUT2D eigenvalue weighted by atomic mass is 9.98. The van der Waals surface area contributed by atoms with Crippen molar-refractivity contribution in [3.05, 3.63) is 90.5 Å². The molecule has 6 nitrogen and oxygen atoms in total. The number of fused-ring (bicyclic) bond motifs is 1. The van der Waals surface area contributed by atoms with Crippen molar-refractivity contribution in [2.75, 3.05) is 18.1 Å². The number of aliphatic carboxylic acids is 1. The SMILES string of the molecule is CC(C)Cc1ccc(-c2cc(-c3ccccc3)cc(-c3ccc4c(c3)N(CCC(=O)O)C(=O)CO4)n2)cc1. The molecule has 0 atom stereocenters. The number of carboxylic acid groups (broad SMARTS) is 1. The Labute approximate surface area is 222 Å². The predicted molar refractivity (Wildman–Crippen MR) is 149 cm³/mol. The van der Waals surface area contributed by atoms with Gasteiger partial charge < -0.3 is 14.7 Å². The molecule has 192 valence electrons. The highest BCUT2D eigenvalue weighted by atomic mass is 16.5. The number of carboxylic acids is 1. The number of pyridine rings is 1. The average Bonchev–Trinajstić information content (AvgIpc) is 2.92. The third-order valence-electron chi connectivity index (χ3n) is 6.57. The molecule has 1 aliphatic heterocycles. The van der Waals surface area contributed by atoms with Crippen LogP contribution in [0.25, 0.3) is 33.6 Å². The van der Waals surface area contributed by atoms with E-state index in [1.807, 2.05) is 42.5 Å². The molecular weight excluding hydrogens is 476 g/mol. The minimum Gasteiger partial charge on any atom is -0.482 e. The smallest absolute Gasteiger partial charge is 0.305 e. The number of hydrogen-bond acceptors (Lipinski definition) is 4. The number of amides is 1. The van der Waals surface area contributed by atoms with E-state index in [1.165, 1.54) is 10.5 Å². The fraction of sp³-hybridized carbons (Fsp3) is 0.219. The number of ether oxygens (including phenoxy) is 1. The molecule has 0 aliphatic carbocycles. The van der Waals surface area contributed by atoms with Crippen LogP contribution in [0.5, 0.6) is 5.75 Å². The normalized spacial score (nSPS) is 12.8. The third kappa shape index (κ3) is 5.59. The van der Waals surface area contributed by atoms with Crippen LogP contribution in [0, 0.1) is 5.92 Å². The number of carbonyl (C=O) groups is 2. The van der Waals surface area contributed by atoms with E-state index >= 15 is 0 Å². The number of nitrogens with zero attached hydrogens (tertiary/aromatic N) is 2. The Bertz CT molecular complexity index is 1460. The Morgan fingerprint density at radius 1 is 0.895 bits per heavy atom. The molecule has 6 heteroatoms. The maximum absolute atomic E-state index is 12.6. The first-order chi connectivity index (χ1) is 18.4. The maximum Gasteiger partial charge on any atom is 0.305 e. The molecule has 0 spiro atoms. The first-order valence-corrected chi connectivity index (χ1v) is 12.8. The van der Waals surface area contributed by atoms with Crippen LogP contribution in [-0.2, 0) is 16.0 Å². The minimum absolute atomic E-state index is 0.0828. The Hall–Kier alpha value is -4.45. The number of hydrogen-bond donors (Lipinski definition) is 1. The minimum atomic E-state index is -0.955. The van der Waals surface area contributed by atoms with Gasteiger partial charge in [-0.25, -0.2) is 4.98 Å². The fourth-order valence-electron chi connectivity index (χ4n) is 4.72. The van der Waals surface area contributed by atoms with Crippen molar-refractivity contribution in [3.63, 3.8) is 0 Å². The summed E-state index contributed by atoms with van der Waals surface area (Å²) < 4.78 is 5.63. The van der Waals surface area contributed by atoms with Crippen LogP contribution >= 0.6 is 0 Å².